The Kier molecular flexibility index (Phi) is 5.78. The second kappa shape index (κ2) is 8.67. The lowest BCUT2D eigenvalue weighted by molar-refractivity contribution is 0.273. The molecule has 0 aliphatic carbocycles. The van der Waals surface area contributed by atoms with Crippen LogP contribution in [0.3, 0.4) is 0 Å². The molecule has 32 heavy (non-hydrogen) atoms. The second-order valence-corrected chi connectivity index (χ2v) is 8.11. The summed E-state index contributed by atoms with van der Waals surface area (Å²) in [6.45, 7) is 4.83. The van der Waals surface area contributed by atoms with Crippen molar-refractivity contribution < 1.29 is 14.2 Å². The molecule has 3 aromatic rings. The van der Waals surface area contributed by atoms with E-state index in [9.17, 15) is 10.1 Å². The highest BCUT2D eigenvalue weighted by Gasteiger charge is 2.35. The number of nitriles is 1. The van der Waals surface area contributed by atoms with Crippen LogP contribution in [0.25, 0.3) is 10.9 Å². The number of hydrogen-bond acceptors (Lipinski definition) is 6. The summed E-state index contributed by atoms with van der Waals surface area (Å²) < 4.78 is 17.2. The number of nitrogens with zero attached hydrogens (tertiary/aromatic N) is 1. The number of hydrogen-bond donors (Lipinski definition) is 2. The molecule has 0 saturated heterocycles. The zero-order chi connectivity index (χ0) is 22.8. The minimum Gasteiger partial charge on any atom is -0.493 e. The van der Waals surface area contributed by atoms with Crippen molar-refractivity contribution in [2.75, 3.05) is 13.7 Å². The van der Waals surface area contributed by atoms with Gasteiger partial charge in [-0.15, -0.1) is 0 Å². The minimum atomic E-state index is -0.698. The summed E-state index contributed by atoms with van der Waals surface area (Å²) in [5.74, 6) is 1.29. The molecule has 1 aliphatic rings. The number of ether oxygens (including phenoxy) is 3. The number of H-pyrrole nitrogens is 1. The number of fused-ring (bicyclic) bond motifs is 3. The number of nitrogens with one attached hydrogen (secondary N) is 1. The molecule has 164 valence electrons. The molecule has 0 bridgehead atoms. The van der Waals surface area contributed by atoms with E-state index in [1.807, 2.05) is 24.3 Å². The van der Waals surface area contributed by atoms with Crippen LogP contribution in [0.1, 0.15) is 37.3 Å². The molecule has 0 spiro atoms. The fourth-order valence-corrected chi connectivity index (χ4v) is 3.89. The summed E-state index contributed by atoms with van der Waals surface area (Å²) in [5, 5.41) is 10.6. The molecule has 0 amide bonds. The Labute approximate surface area is 186 Å². The van der Waals surface area contributed by atoms with E-state index in [0.717, 1.165) is 6.42 Å². The third-order valence-electron chi connectivity index (χ3n) is 5.56. The number of methoxy groups -OCH3 is 1. The summed E-state index contributed by atoms with van der Waals surface area (Å²) in [5.41, 5.74) is 7.63. The molecule has 2 aromatic carbocycles. The van der Waals surface area contributed by atoms with E-state index in [1.54, 1.807) is 25.3 Å². The van der Waals surface area contributed by atoms with Crippen LogP contribution in [-0.4, -0.2) is 18.7 Å². The van der Waals surface area contributed by atoms with Gasteiger partial charge in [-0.25, -0.2) is 0 Å². The van der Waals surface area contributed by atoms with Gasteiger partial charge in [0.15, 0.2) is 11.5 Å². The Morgan fingerprint density at radius 3 is 2.72 bits per heavy atom. The fourth-order valence-electron chi connectivity index (χ4n) is 3.89. The van der Waals surface area contributed by atoms with Crippen LogP contribution in [0.5, 0.6) is 17.2 Å². The van der Waals surface area contributed by atoms with Gasteiger partial charge in [0.2, 0.25) is 5.88 Å². The van der Waals surface area contributed by atoms with Crippen molar-refractivity contribution in [2.45, 2.75) is 26.2 Å². The number of para-hydroxylation sites is 1. The van der Waals surface area contributed by atoms with Crippen molar-refractivity contribution in [1.29, 1.82) is 5.26 Å². The maximum atomic E-state index is 13.1. The molecule has 1 aliphatic heterocycles. The molecule has 0 radical (unpaired) electrons. The fraction of sp³-hybridized carbons (Fsp3) is 0.280. The van der Waals surface area contributed by atoms with E-state index in [4.69, 9.17) is 19.9 Å². The molecule has 7 heteroatoms. The average molecular weight is 431 g/mol. The average Bonchev–Trinajstić information content (AvgIpc) is 2.78. The molecule has 7 nitrogen and oxygen atoms in total. The van der Waals surface area contributed by atoms with E-state index in [2.05, 4.69) is 24.9 Å². The predicted molar refractivity (Wildman–Crippen MR) is 122 cm³/mol. The highest BCUT2D eigenvalue weighted by atomic mass is 16.5. The molecule has 4 rings (SSSR count). The molecule has 2 heterocycles. The molecule has 1 atom stereocenters. The number of allylic oxidation sites excluding steroid dienone is 1. The minimum absolute atomic E-state index is 0.0167. The molecule has 0 saturated carbocycles. The lowest BCUT2D eigenvalue weighted by Crippen LogP contribution is -2.27. The number of nitrogens with two attached hydrogens (primary N) is 1. The zero-order valence-corrected chi connectivity index (χ0v) is 18.3. The molecular formula is C25H25N3O4. The highest BCUT2D eigenvalue weighted by Crippen LogP contribution is 2.44. The first kappa shape index (κ1) is 21.3. The molecule has 1 aromatic heterocycles. The first-order valence-corrected chi connectivity index (χ1v) is 10.5. The monoisotopic (exact) mass is 431 g/mol. The number of benzene rings is 2. The number of aromatic amines is 1. The van der Waals surface area contributed by atoms with E-state index < -0.39 is 5.92 Å². The largest absolute Gasteiger partial charge is 0.493 e. The summed E-state index contributed by atoms with van der Waals surface area (Å²) in [6.07, 6.45) is 0.915. The highest BCUT2D eigenvalue weighted by molar-refractivity contribution is 5.87. The van der Waals surface area contributed by atoms with Gasteiger partial charge in [0.1, 0.15) is 17.4 Å². The molecule has 0 fully saturated rings. The van der Waals surface area contributed by atoms with Crippen LogP contribution < -0.4 is 25.5 Å². The Hall–Kier alpha value is -3.92. The Morgan fingerprint density at radius 2 is 2.00 bits per heavy atom. The van der Waals surface area contributed by atoms with Gasteiger partial charge in [-0.3, -0.25) is 4.79 Å². The summed E-state index contributed by atoms with van der Waals surface area (Å²) >= 11 is 0. The summed E-state index contributed by atoms with van der Waals surface area (Å²) in [6, 6.07) is 14.8. The van der Waals surface area contributed by atoms with Gasteiger partial charge in [0.05, 0.1) is 30.7 Å². The topological polar surface area (TPSA) is 110 Å². The summed E-state index contributed by atoms with van der Waals surface area (Å²) in [7, 11) is 1.56. The lowest BCUT2D eigenvalue weighted by atomic mass is 9.83. The first-order valence-electron chi connectivity index (χ1n) is 10.5. The van der Waals surface area contributed by atoms with E-state index in [0.29, 0.717) is 51.8 Å². The third-order valence-corrected chi connectivity index (χ3v) is 5.56. The van der Waals surface area contributed by atoms with Crippen LogP contribution >= 0.6 is 0 Å². The first-order chi connectivity index (χ1) is 15.4. The molecule has 3 N–H and O–H groups in total. The van der Waals surface area contributed by atoms with Crippen molar-refractivity contribution in [2.24, 2.45) is 11.7 Å². The van der Waals surface area contributed by atoms with Crippen molar-refractivity contribution in [1.82, 2.24) is 4.98 Å². The predicted octanol–water partition coefficient (Wildman–Crippen LogP) is 4.18. The number of rotatable bonds is 6. The van der Waals surface area contributed by atoms with Crippen LogP contribution in [0, 0.1) is 17.2 Å². The van der Waals surface area contributed by atoms with Gasteiger partial charge >= 0.3 is 0 Å². The Morgan fingerprint density at radius 1 is 1.22 bits per heavy atom. The standard InChI is InChI=1S/C25H25N3O4/c1-14(2)10-11-31-19-9-8-15(12-20(19)30-3)21-17(13-26)24(27)32-23-16-6-4-5-7-18(16)28-25(29)22(21)23/h4-9,12,14,21H,10-11,27H2,1-3H3,(H,28,29)/t21-/m1/s1. The Bertz CT molecular complexity index is 1300. The van der Waals surface area contributed by atoms with E-state index in [1.165, 1.54) is 0 Å². The van der Waals surface area contributed by atoms with E-state index in [-0.39, 0.29) is 17.0 Å². The molecule has 0 unspecified atom stereocenters. The van der Waals surface area contributed by atoms with E-state index >= 15 is 0 Å². The van der Waals surface area contributed by atoms with Gasteiger partial charge in [-0.2, -0.15) is 5.26 Å². The quantitative estimate of drug-likeness (QED) is 0.606. The van der Waals surface area contributed by atoms with Crippen LogP contribution in [0.15, 0.2) is 58.7 Å². The van der Waals surface area contributed by atoms with Crippen molar-refractivity contribution in [3.8, 4) is 23.3 Å². The van der Waals surface area contributed by atoms with Crippen molar-refractivity contribution in [3.05, 3.63) is 75.4 Å². The third kappa shape index (κ3) is 3.76. The maximum Gasteiger partial charge on any atom is 0.256 e. The maximum absolute atomic E-state index is 13.1. The van der Waals surface area contributed by atoms with Crippen molar-refractivity contribution in [3.63, 3.8) is 0 Å². The smallest absolute Gasteiger partial charge is 0.256 e. The normalized spacial score (nSPS) is 15.3. The van der Waals surface area contributed by atoms with Gasteiger partial charge < -0.3 is 24.9 Å². The number of pyridine rings is 1. The Balaban J connectivity index is 1.85. The second-order valence-electron chi connectivity index (χ2n) is 8.11. The zero-order valence-electron chi connectivity index (χ0n) is 18.3. The number of aromatic nitrogens is 1. The van der Waals surface area contributed by atoms with Gasteiger partial charge in [-0.05, 0) is 42.2 Å². The van der Waals surface area contributed by atoms with Gasteiger partial charge in [0, 0.05) is 5.39 Å². The van der Waals surface area contributed by atoms with Crippen LogP contribution in [0.2, 0.25) is 0 Å². The lowest BCUT2D eigenvalue weighted by Gasteiger charge is -2.27. The van der Waals surface area contributed by atoms with Gasteiger partial charge in [-0.1, -0.05) is 32.0 Å². The van der Waals surface area contributed by atoms with Gasteiger partial charge in [0.25, 0.3) is 5.56 Å². The SMILES string of the molecule is COc1cc([C@@H]2C(C#N)=C(N)Oc3c2c(=O)[nH]c2ccccc32)ccc1OCCC(C)C. The van der Waals surface area contributed by atoms with Crippen LogP contribution in [-0.2, 0) is 0 Å². The summed E-state index contributed by atoms with van der Waals surface area (Å²) in [4.78, 5) is 16.0. The van der Waals surface area contributed by atoms with Crippen LogP contribution in [0.4, 0.5) is 0 Å². The molecular weight excluding hydrogens is 406 g/mol. The van der Waals surface area contributed by atoms with Crippen molar-refractivity contribution >= 4 is 10.9 Å².